The van der Waals surface area contributed by atoms with Crippen LogP contribution in [-0.2, 0) is 28.3 Å². The average molecular weight is 455 g/mol. The molecule has 1 saturated heterocycles. The molecule has 2 fully saturated rings. The van der Waals surface area contributed by atoms with Crippen LogP contribution in [0.3, 0.4) is 0 Å². The van der Waals surface area contributed by atoms with Gasteiger partial charge in [-0.2, -0.15) is 0 Å². The number of benzene rings is 2. The summed E-state index contributed by atoms with van der Waals surface area (Å²) >= 11 is 0. The number of ether oxygens (including phenoxy) is 1. The molecule has 0 radical (unpaired) electrons. The maximum Gasteiger partial charge on any atom is 0.230 e. The Hall–Kier alpha value is -2.84. The van der Waals surface area contributed by atoms with Gasteiger partial charge in [0.05, 0.1) is 12.5 Å². The Bertz CT molecular complexity index is 1260. The van der Waals surface area contributed by atoms with E-state index in [1.165, 1.54) is 18.2 Å². The van der Waals surface area contributed by atoms with E-state index in [0.29, 0.717) is 41.5 Å². The summed E-state index contributed by atoms with van der Waals surface area (Å²) in [6.45, 7) is 1.41. The fourth-order valence-corrected chi connectivity index (χ4v) is 5.52. The van der Waals surface area contributed by atoms with Gasteiger partial charge in [0.15, 0.2) is 11.6 Å². The summed E-state index contributed by atoms with van der Waals surface area (Å²) in [6, 6.07) is 7.33. The largest absolute Gasteiger partial charge is 0.365 e. The molecule has 172 valence electrons. The van der Waals surface area contributed by atoms with Crippen molar-refractivity contribution in [3.63, 3.8) is 0 Å². The number of carbonyl (C=O) groups is 1. The number of aromatic nitrogens is 1. The average Bonchev–Trinajstić information content (AvgIpc) is 3.49. The van der Waals surface area contributed by atoms with E-state index in [-0.39, 0.29) is 30.9 Å². The van der Waals surface area contributed by atoms with E-state index in [2.05, 4.69) is 10.3 Å². The number of rotatable bonds is 4. The maximum absolute atomic E-state index is 14.6. The van der Waals surface area contributed by atoms with E-state index in [0.717, 1.165) is 18.4 Å². The number of hydrogen-bond acceptors (Lipinski definition) is 3. The molecule has 0 bridgehead atoms. The van der Waals surface area contributed by atoms with Crippen molar-refractivity contribution < 1.29 is 22.7 Å². The number of hydrogen-bond donors (Lipinski definition) is 2. The van der Waals surface area contributed by atoms with Crippen LogP contribution in [0.5, 0.6) is 0 Å². The molecular weight excluding hydrogens is 431 g/mol. The minimum absolute atomic E-state index is 0.0824. The van der Waals surface area contributed by atoms with Crippen LogP contribution in [0.1, 0.15) is 36.0 Å². The lowest BCUT2D eigenvalue weighted by atomic mass is 9.75. The van der Waals surface area contributed by atoms with E-state index >= 15 is 0 Å². The first kappa shape index (κ1) is 20.7. The Morgan fingerprint density at radius 3 is 2.79 bits per heavy atom. The summed E-state index contributed by atoms with van der Waals surface area (Å²) in [5.41, 5.74) is 1.57. The third-order valence-corrected chi connectivity index (χ3v) is 7.32. The van der Waals surface area contributed by atoms with Crippen molar-refractivity contribution in [1.82, 2.24) is 15.2 Å². The lowest BCUT2D eigenvalue weighted by Crippen LogP contribution is -2.55. The smallest absolute Gasteiger partial charge is 0.230 e. The van der Waals surface area contributed by atoms with Crippen LogP contribution in [0.15, 0.2) is 36.5 Å². The van der Waals surface area contributed by atoms with Gasteiger partial charge in [0.1, 0.15) is 11.4 Å². The fourth-order valence-electron chi connectivity index (χ4n) is 5.52. The number of fused-ring (bicyclic) bond motifs is 3. The number of halogens is 3. The van der Waals surface area contributed by atoms with Crippen LogP contribution >= 0.6 is 0 Å². The Kier molecular flexibility index (Phi) is 4.78. The van der Waals surface area contributed by atoms with Gasteiger partial charge in [-0.05, 0) is 66.8 Å². The van der Waals surface area contributed by atoms with Crippen molar-refractivity contribution in [3.8, 4) is 0 Å². The van der Waals surface area contributed by atoms with Crippen molar-refractivity contribution in [1.29, 1.82) is 0 Å². The first-order valence-electron chi connectivity index (χ1n) is 11.4. The standard InChI is InChI=1S/C25H24F3N3O2/c26-19-2-1-3-22-23(19)15(10-30-22)12-31(16-4-5-16)24(32)18-11-29-7-6-25(18)17-9-21(28)20(27)8-14(17)13-33-25/h1-3,8-10,16,18,29-30H,4-7,11-13H2/t18?,25-/m0/s1. The van der Waals surface area contributed by atoms with Crippen LogP contribution < -0.4 is 5.32 Å². The number of nitrogens with one attached hydrogen (secondary N) is 2. The van der Waals surface area contributed by atoms with Gasteiger partial charge in [-0.15, -0.1) is 0 Å². The van der Waals surface area contributed by atoms with Crippen molar-refractivity contribution in [2.45, 2.75) is 44.1 Å². The highest BCUT2D eigenvalue weighted by Gasteiger charge is 2.53. The normalized spacial score (nSPS) is 24.4. The number of carbonyl (C=O) groups excluding carboxylic acids is 1. The van der Waals surface area contributed by atoms with E-state index in [9.17, 15) is 18.0 Å². The monoisotopic (exact) mass is 455 g/mol. The van der Waals surface area contributed by atoms with Crippen molar-refractivity contribution in [2.75, 3.05) is 13.1 Å². The van der Waals surface area contributed by atoms with Crippen molar-refractivity contribution in [3.05, 3.63) is 70.7 Å². The van der Waals surface area contributed by atoms with Gasteiger partial charge < -0.3 is 19.9 Å². The summed E-state index contributed by atoms with van der Waals surface area (Å²) in [5.74, 6) is -2.86. The topological polar surface area (TPSA) is 57.4 Å². The van der Waals surface area contributed by atoms with Gasteiger partial charge in [-0.1, -0.05) is 6.07 Å². The van der Waals surface area contributed by atoms with Gasteiger partial charge in [-0.25, -0.2) is 13.2 Å². The van der Waals surface area contributed by atoms with Crippen LogP contribution in [0, 0.1) is 23.4 Å². The van der Waals surface area contributed by atoms with Gasteiger partial charge >= 0.3 is 0 Å². The third-order valence-electron chi connectivity index (χ3n) is 7.32. The molecule has 33 heavy (non-hydrogen) atoms. The second-order valence-corrected chi connectivity index (χ2v) is 9.28. The zero-order valence-electron chi connectivity index (χ0n) is 18.0. The van der Waals surface area contributed by atoms with Gasteiger partial charge in [0, 0.05) is 36.2 Å². The fraction of sp³-hybridized carbons (Fsp3) is 0.400. The molecule has 1 aliphatic carbocycles. The SMILES string of the molecule is O=C(C1CNCC[C@@]12OCc1cc(F)c(F)cc12)N(Cc1c[nH]c2cccc(F)c12)C1CC1. The Morgan fingerprint density at radius 2 is 1.97 bits per heavy atom. The Labute approximate surface area is 188 Å². The minimum atomic E-state index is -0.995. The lowest BCUT2D eigenvalue weighted by molar-refractivity contribution is -0.157. The quantitative estimate of drug-likeness (QED) is 0.623. The van der Waals surface area contributed by atoms with Gasteiger partial charge in [0.2, 0.25) is 5.91 Å². The van der Waals surface area contributed by atoms with E-state index in [1.807, 2.05) is 11.0 Å². The summed E-state index contributed by atoms with van der Waals surface area (Å²) in [6.07, 6.45) is 4.02. The highest BCUT2D eigenvalue weighted by atomic mass is 19.2. The number of aromatic amines is 1. The first-order valence-corrected chi connectivity index (χ1v) is 11.4. The van der Waals surface area contributed by atoms with Gasteiger partial charge in [0.25, 0.3) is 0 Å². The predicted molar refractivity (Wildman–Crippen MR) is 116 cm³/mol. The first-order chi connectivity index (χ1) is 16.0. The molecule has 1 saturated carbocycles. The summed E-state index contributed by atoms with van der Waals surface area (Å²) in [5, 5.41) is 3.77. The Morgan fingerprint density at radius 1 is 1.15 bits per heavy atom. The number of amides is 1. The minimum Gasteiger partial charge on any atom is -0.365 e. The third kappa shape index (κ3) is 3.27. The van der Waals surface area contributed by atoms with Crippen LogP contribution in [-0.4, -0.2) is 34.9 Å². The number of nitrogens with zero attached hydrogens (tertiary/aromatic N) is 1. The highest BCUT2D eigenvalue weighted by Crippen LogP contribution is 2.48. The van der Waals surface area contributed by atoms with Crippen LogP contribution in [0.4, 0.5) is 13.2 Å². The molecule has 2 N–H and O–H groups in total. The molecule has 1 spiro atoms. The van der Waals surface area contributed by atoms with E-state index in [4.69, 9.17) is 4.74 Å². The van der Waals surface area contributed by atoms with Gasteiger partial charge in [-0.3, -0.25) is 4.79 Å². The molecule has 2 atom stereocenters. The predicted octanol–water partition coefficient (Wildman–Crippen LogP) is 4.11. The molecule has 1 unspecified atom stereocenters. The lowest BCUT2D eigenvalue weighted by Gasteiger charge is -2.42. The molecule has 6 rings (SSSR count). The molecule has 2 aromatic carbocycles. The molecule has 1 aromatic heterocycles. The second-order valence-electron chi connectivity index (χ2n) is 9.28. The molecule has 1 amide bonds. The zero-order chi connectivity index (χ0) is 22.7. The summed E-state index contributed by atoms with van der Waals surface area (Å²) < 4.78 is 48.8. The Balaban J connectivity index is 1.37. The molecule has 8 heteroatoms. The van der Waals surface area contributed by atoms with E-state index < -0.39 is 23.2 Å². The van der Waals surface area contributed by atoms with Crippen molar-refractivity contribution in [2.24, 2.45) is 5.92 Å². The molecule has 2 aliphatic heterocycles. The zero-order valence-corrected chi connectivity index (χ0v) is 18.0. The van der Waals surface area contributed by atoms with Crippen molar-refractivity contribution >= 4 is 16.8 Å². The molecule has 3 aromatic rings. The molecule has 5 nitrogen and oxygen atoms in total. The summed E-state index contributed by atoms with van der Waals surface area (Å²) in [4.78, 5) is 18.9. The maximum atomic E-state index is 14.6. The van der Waals surface area contributed by atoms with Crippen LogP contribution in [0.25, 0.3) is 10.9 Å². The van der Waals surface area contributed by atoms with Crippen LogP contribution in [0.2, 0.25) is 0 Å². The molecule has 3 aliphatic rings. The number of piperidine rings is 1. The molecular formula is C25H24F3N3O2. The van der Waals surface area contributed by atoms with E-state index in [1.54, 1.807) is 12.3 Å². The second kappa shape index (κ2) is 7.60. The number of H-pyrrole nitrogens is 1. The summed E-state index contributed by atoms with van der Waals surface area (Å²) in [7, 11) is 0. The highest BCUT2D eigenvalue weighted by molar-refractivity contribution is 5.86. The molecule has 3 heterocycles.